The van der Waals surface area contributed by atoms with Gasteiger partial charge in [0, 0.05) is 23.4 Å². The predicted molar refractivity (Wildman–Crippen MR) is 115 cm³/mol. The Morgan fingerprint density at radius 2 is 1.34 bits per heavy atom. The van der Waals surface area contributed by atoms with Crippen LogP contribution in [0.1, 0.15) is 40.5 Å². The summed E-state index contributed by atoms with van der Waals surface area (Å²) in [4.78, 5) is 24.5. The van der Waals surface area contributed by atoms with Gasteiger partial charge < -0.3 is 15.4 Å². The van der Waals surface area contributed by atoms with Crippen LogP contribution >= 0.6 is 0 Å². The van der Waals surface area contributed by atoms with Crippen LogP contribution in [0.25, 0.3) is 0 Å². The van der Waals surface area contributed by atoms with Crippen molar-refractivity contribution in [2.24, 2.45) is 0 Å². The summed E-state index contributed by atoms with van der Waals surface area (Å²) in [6.45, 7) is 2.73. The Morgan fingerprint density at radius 1 is 0.759 bits per heavy atom. The first kappa shape index (κ1) is 20.1. The van der Waals surface area contributed by atoms with Gasteiger partial charge in [-0.3, -0.25) is 9.59 Å². The molecule has 5 nitrogen and oxygen atoms in total. The van der Waals surface area contributed by atoms with Crippen LogP contribution in [0.15, 0.2) is 78.9 Å². The Kier molecular flexibility index (Phi) is 7.00. The van der Waals surface area contributed by atoms with Crippen LogP contribution in [-0.4, -0.2) is 18.4 Å². The van der Waals surface area contributed by atoms with Crippen molar-refractivity contribution in [3.63, 3.8) is 0 Å². The maximum Gasteiger partial charge on any atom is 0.255 e. The number of carbonyl (C=O) groups excluding carboxylic acids is 2. The molecule has 0 saturated heterocycles. The molecule has 0 aliphatic carbocycles. The van der Waals surface area contributed by atoms with Crippen molar-refractivity contribution in [2.45, 2.75) is 19.8 Å². The maximum absolute atomic E-state index is 12.4. The molecule has 0 atom stereocenters. The van der Waals surface area contributed by atoms with Crippen molar-refractivity contribution in [1.29, 1.82) is 0 Å². The predicted octanol–water partition coefficient (Wildman–Crippen LogP) is 5.26. The molecule has 148 valence electrons. The number of hydrogen-bond acceptors (Lipinski definition) is 3. The number of anilines is 1. The highest BCUT2D eigenvalue weighted by Gasteiger charge is 2.09. The third kappa shape index (κ3) is 5.94. The summed E-state index contributed by atoms with van der Waals surface area (Å²) in [7, 11) is 0. The molecule has 0 aliphatic heterocycles. The molecule has 0 aromatic heterocycles. The van der Waals surface area contributed by atoms with Crippen LogP contribution in [0.4, 0.5) is 5.69 Å². The molecule has 0 bridgehead atoms. The Labute approximate surface area is 170 Å². The Hall–Kier alpha value is -3.60. The second kappa shape index (κ2) is 10.1. The molecule has 0 heterocycles. The summed E-state index contributed by atoms with van der Waals surface area (Å²) in [6.07, 6.45) is 1.97. The average Bonchev–Trinajstić information content (AvgIpc) is 2.76. The molecule has 0 saturated carbocycles. The smallest absolute Gasteiger partial charge is 0.255 e. The molecule has 0 fully saturated rings. The average molecular weight is 388 g/mol. The first-order valence-electron chi connectivity index (χ1n) is 9.68. The van der Waals surface area contributed by atoms with E-state index in [1.54, 1.807) is 48.5 Å². The zero-order valence-corrected chi connectivity index (χ0v) is 16.4. The normalized spacial score (nSPS) is 10.2. The number of carbonyl (C=O) groups is 2. The van der Waals surface area contributed by atoms with E-state index < -0.39 is 0 Å². The van der Waals surface area contributed by atoms with Gasteiger partial charge in [-0.15, -0.1) is 0 Å². The van der Waals surface area contributed by atoms with Crippen LogP contribution in [0, 0.1) is 0 Å². The molecule has 29 heavy (non-hydrogen) atoms. The van der Waals surface area contributed by atoms with E-state index in [4.69, 9.17) is 4.74 Å². The van der Waals surface area contributed by atoms with E-state index >= 15 is 0 Å². The number of benzene rings is 3. The monoisotopic (exact) mass is 388 g/mol. The van der Waals surface area contributed by atoms with Crippen LogP contribution in [-0.2, 0) is 0 Å². The van der Waals surface area contributed by atoms with E-state index in [0.717, 1.165) is 18.6 Å². The molecule has 5 heteroatoms. The van der Waals surface area contributed by atoms with Gasteiger partial charge in [-0.05, 0) is 67.1 Å². The molecular weight excluding hydrogens is 364 g/mol. The van der Waals surface area contributed by atoms with Crippen LogP contribution in [0.5, 0.6) is 11.5 Å². The molecular formula is C24H24N2O3. The second-order valence-corrected chi connectivity index (χ2v) is 6.58. The van der Waals surface area contributed by atoms with E-state index in [2.05, 4.69) is 17.6 Å². The Bertz CT molecular complexity index is 936. The van der Waals surface area contributed by atoms with Gasteiger partial charge in [-0.1, -0.05) is 31.5 Å². The summed E-state index contributed by atoms with van der Waals surface area (Å²) in [5.74, 6) is 1.08. The quantitative estimate of drug-likeness (QED) is 0.517. The van der Waals surface area contributed by atoms with E-state index in [-0.39, 0.29) is 11.8 Å². The number of para-hydroxylation sites is 1. The number of ether oxygens (including phenoxy) is 1. The lowest BCUT2D eigenvalue weighted by Gasteiger charge is -2.09. The highest BCUT2D eigenvalue weighted by molar-refractivity contribution is 6.05. The fourth-order valence-electron chi connectivity index (χ4n) is 2.69. The number of nitrogens with one attached hydrogen (secondary N) is 2. The fourth-order valence-corrected chi connectivity index (χ4v) is 2.69. The highest BCUT2D eigenvalue weighted by atomic mass is 16.5. The van der Waals surface area contributed by atoms with Crippen LogP contribution in [0.2, 0.25) is 0 Å². The molecule has 3 aromatic carbocycles. The van der Waals surface area contributed by atoms with Gasteiger partial charge >= 0.3 is 0 Å². The van der Waals surface area contributed by atoms with Gasteiger partial charge in [0.15, 0.2) is 0 Å². The number of amides is 2. The topological polar surface area (TPSA) is 67.4 Å². The summed E-state index contributed by atoms with van der Waals surface area (Å²) in [5, 5.41) is 5.70. The van der Waals surface area contributed by atoms with Gasteiger partial charge in [0.25, 0.3) is 11.8 Å². The first-order chi connectivity index (χ1) is 14.2. The third-order valence-corrected chi connectivity index (χ3v) is 4.32. The van der Waals surface area contributed by atoms with Gasteiger partial charge in [-0.25, -0.2) is 0 Å². The zero-order chi connectivity index (χ0) is 20.5. The summed E-state index contributed by atoms with van der Waals surface area (Å²) in [6, 6.07) is 23.3. The van der Waals surface area contributed by atoms with Crippen molar-refractivity contribution in [3.8, 4) is 11.5 Å². The van der Waals surface area contributed by atoms with Gasteiger partial charge in [0.05, 0.1) is 0 Å². The molecule has 3 rings (SSSR count). The van der Waals surface area contributed by atoms with Gasteiger partial charge in [0.2, 0.25) is 0 Å². The number of hydrogen-bond donors (Lipinski definition) is 2. The van der Waals surface area contributed by atoms with Crippen molar-refractivity contribution < 1.29 is 14.3 Å². The van der Waals surface area contributed by atoms with Gasteiger partial charge in [-0.2, -0.15) is 0 Å². The maximum atomic E-state index is 12.4. The molecule has 0 spiro atoms. The van der Waals surface area contributed by atoms with Crippen LogP contribution in [0.3, 0.4) is 0 Å². The standard InChI is InChI=1S/C24H24N2O3/c1-2-3-17-25-23(27)18-9-11-19(12-10-18)24(28)26-20-13-15-22(16-14-20)29-21-7-5-4-6-8-21/h4-16H,2-3,17H2,1H3,(H,25,27)(H,26,28). The second-order valence-electron chi connectivity index (χ2n) is 6.58. The zero-order valence-electron chi connectivity index (χ0n) is 16.4. The SMILES string of the molecule is CCCCNC(=O)c1ccc(C(=O)Nc2ccc(Oc3ccccc3)cc2)cc1. The number of rotatable bonds is 8. The molecule has 0 radical (unpaired) electrons. The molecule has 0 aliphatic rings. The van der Waals surface area contributed by atoms with E-state index in [1.165, 1.54) is 0 Å². The summed E-state index contributed by atoms with van der Waals surface area (Å²) in [5.41, 5.74) is 1.69. The van der Waals surface area contributed by atoms with Crippen molar-refractivity contribution >= 4 is 17.5 Å². The van der Waals surface area contributed by atoms with E-state index in [1.807, 2.05) is 30.3 Å². The van der Waals surface area contributed by atoms with Crippen molar-refractivity contribution in [3.05, 3.63) is 90.0 Å². The van der Waals surface area contributed by atoms with Crippen molar-refractivity contribution in [2.75, 3.05) is 11.9 Å². The molecule has 2 amide bonds. The summed E-state index contributed by atoms with van der Waals surface area (Å²) >= 11 is 0. The van der Waals surface area contributed by atoms with Crippen LogP contribution < -0.4 is 15.4 Å². The lowest BCUT2D eigenvalue weighted by Crippen LogP contribution is -2.24. The van der Waals surface area contributed by atoms with E-state index in [0.29, 0.717) is 29.1 Å². The fraction of sp³-hybridized carbons (Fsp3) is 0.167. The Morgan fingerprint density at radius 3 is 1.97 bits per heavy atom. The third-order valence-electron chi connectivity index (χ3n) is 4.32. The van der Waals surface area contributed by atoms with E-state index in [9.17, 15) is 9.59 Å². The minimum Gasteiger partial charge on any atom is -0.457 e. The number of unbranched alkanes of at least 4 members (excludes halogenated alkanes) is 1. The Balaban J connectivity index is 1.56. The molecule has 0 unspecified atom stereocenters. The molecule has 3 aromatic rings. The first-order valence-corrected chi connectivity index (χ1v) is 9.68. The minimum absolute atomic E-state index is 0.126. The molecule has 2 N–H and O–H groups in total. The van der Waals surface area contributed by atoms with Gasteiger partial charge in [0.1, 0.15) is 11.5 Å². The largest absolute Gasteiger partial charge is 0.457 e. The summed E-state index contributed by atoms with van der Waals surface area (Å²) < 4.78 is 5.74. The highest BCUT2D eigenvalue weighted by Crippen LogP contribution is 2.22. The lowest BCUT2D eigenvalue weighted by atomic mass is 10.1. The lowest BCUT2D eigenvalue weighted by molar-refractivity contribution is 0.0951. The van der Waals surface area contributed by atoms with Crippen molar-refractivity contribution in [1.82, 2.24) is 5.32 Å². The minimum atomic E-state index is -0.236.